The summed E-state index contributed by atoms with van der Waals surface area (Å²) in [5.41, 5.74) is -0.479. The molecule has 0 radical (unpaired) electrons. The van der Waals surface area contributed by atoms with E-state index in [9.17, 15) is 31.5 Å². The van der Waals surface area contributed by atoms with Crippen LogP contribution in [-0.4, -0.2) is 65.3 Å². The van der Waals surface area contributed by atoms with Gasteiger partial charge in [0.15, 0.2) is 17.4 Å². The lowest BCUT2D eigenvalue weighted by molar-refractivity contribution is 0.109. The number of piperidine rings is 1. The lowest BCUT2D eigenvalue weighted by Crippen LogP contribution is -2.49. The third kappa shape index (κ3) is 7.57. The van der Waals surface area contributed by atoms with Gasteiger partial charge in [0, 0.05) is 43.5 Å². The molecule has 0 unspecified atom stereocenters. The van der Waals surface area contributed by atoms with Crippen molar-refractivity contribution in [2.75, 3.05) is 29.8 Å². The molecule has 1 saturated heterocycles. The first kappa shape index (κ1) is 31.4. The van der Waals surface area contributed by atoms with Gasteiger partial charge in [-0.1, -0.05) is 30.3 Å². The smallest absolute Gasteiger partial charge is 0.407 e. The van der Waals surface area contributed by atoms with E-state index >= 15 is 4.39 Å². The quantitative estimate of drug-likeness (QED) is 0.151. The number of hydrogen-bond donors (Lipinski definition) is 3. The zero-order valence-electron chi connectivity index (χ0n) is 23.3. The van der Waals surface area contributed by atoms with E-state index < -0.39 is 69.4 Å². The van der Waals surface area contributed by atoms with Gasteiger partial charge in [0.2, 0.25) is 27.7 Å². The maximum absolute atomic E-state index is 15.1. The van der Waals surface area contributed by atoms with Crippen LogP contribution in [0.3, 0.4) is 0 Å². The predicted molar refractivity (Wildman–Crippen MR) is 155 cm³/mol. The summed E-state index contributed by atoms with van der Waals surface area (Å²) in [6.07, 6.45) is 1.83. The van der Waals surface area contributed by atoms with E-state index in [1.807, 2.05) is 0 Å². The molecule has 1 fully saturated rings. The van der Waals surface area contributed by atoms with Crippen LogP contribution in [-0.2, 0) is 15.8 Å². The Bertz CT molecular complexity index is 1800. The highest BCUT2D eigenvalue weighted by Gasteiger charge is 2.31. The molecule has 0 saturated carbocycles. The molecular weight excluding hydrogens is 620 g/mol. The molecule has 45 heavy (non-hydrogen) atoms. The number of ether oxygens (including phenoxy) is 1. The van der Waals surface area contributed by atoms with E-state index in [4.69, 9.17) is 4.74 Å². The number of carboxylic acid groups (broad SMARTS) is 1. The predicted octanol–water partition coefficient (Wildman–Crippen LogP) is 5.44. The largest absolute Gasteiger partial charge is 0.465 e. The van der Waals surface area contributed by atoms with Gasteiger partial charge in [0.25, 0.3) is 0 Å². The Morgan fingerprint density at radius 3 is 2.53 bits per heavy atom. The number of hydrogen-bond acceptors (Lipinski definition) is 8. The Morgan fingerprint density at radius 1 is 1.02 bits per heavy atom. The van der Waals surface area contributed by atoms with Gasteiger partial charge in [-0.05, 0) is 30.2 Å². The van der Waals surface area contributed by atoms with Crippen molar-refractivity contribution in [2.24, 2.45) is 5.92 Å². The molecule has 0 aliphatic carbocycles. The summed E-state index contributed by atoms with van der Waals surface area (Å²) in [6.45, 7) is -0.549. The van der Waals surface area contributed by atoms with Gasteiger partial charge < -0.3 is 20.1 Å². The van der Waals surface area contributed by atoms with Gasteiger partial charge in [0.05, 0.1) is 23.7 Å². The van der Waals surface area contributed by atoms with Gasteiger partial charge >= 0.3 is 6.09 Å². The number of halogens is 4. The highest BCUT2D eigenvalue weighted by molar-refractivity contribution is 7.91. The molecule has 2 atom stereocenters. The maximum atomic E-state index is 15.1. The second-order valence-electron chi connectivity index (χ2n) is 10.2. The molecule has 1 aliphatic heterocycles. The number of rotatable bonds is 10. The molecule has 16 heteroatoms. The van der Waals surface area contributed by atoms with E-state index in [2.05, 4.69) is 20.3 Å². The molecule has 5 rings (SSSR count). The number of likely N-dealkylation sites (tertiary alicyclic amines) is 1. The molecule has 2 aromatic carbocycles. The first-order valence-electron chi connectivity index (χ1n) is 13.5. The Morgan fingerprint density at radius 2 is 1.80 bits per heavy atom. The van der Waals surface area contributed by atoms with Crippen molar-refractivity contribution in [1.29, 1.82) is 0 Å². The zero-order valence-corrected chi connectivity index (χ0v) is 24.1. The van der Waals surface area contributed by atoms with Crippen LogP contribution < -0.4 is 14.8 Å². The van der Waals surface area contributed by atoms with E-state index in [1.165, 1.54) is 42.7 Å². The van der Waals surface area contributed by atoms with E-state index in [0.29, 0.717) is 18.1 Å². The van der Waals surface area contributed by atoms with Crippen molar-refractivity contribution in [1.82, 2.24) is 19.9 Å². The average Bonchev–Trinajstić information content (AvgIpc) is 3.02. The highest BCUT2D eigenvalue weighted by Crippen LogP contribution is 2.36. The Labute approximate surface area is 255 Å². The van der Waals surface area contributed by atoms with Crippen molar-refractivity contribution in [2.45, 2.75) is 18.2 Å². The number of sulfonamides is 1. The average molecular weight is 647 g/mol. The van der Waals surface area contributed by atoms with Crippen LogP contribution in [0.1, 0.15) is 12.0 Å². The fraction of sp³-hybridized carbons (Fsp3) is 0.241. The number of carbonyl (C=O) groups is 1. The second-order valence-corrected chi connectivity index (χ2v) is 11.9. The molecule has 3 N–H and O–H groups in total. The first-order valence-corrected chi connectivity index (χ1v) is 15.2. The molecule has 0 bridgehead atoms. The normalized spacial score (nSPS) is 16.7. The molecule has 4 aromatic rings. The summed E-state index contributed by atoms with van der Waals surface area (Å²) in [4.78, 5) is 25.1. The van der Waals surface area contributed by atoms with Crippen LogP contribution in [0.15, 0.2) is 67.0 Å². The summed E-state index contributed by atoms with van der Waals surface area (Å²) in [5.74, 6) is -7.14. The molecule has 1 amide bonds. The third-order valence-electron chi connectivity index (χ3n) is 6.85. The fourth-order valence-electron chi connectivity index (χ4n) is 4.83. The van der Waals surface area contributed by atoms with Crippen LogP contribution in [0.25, 0.3) is 11.3 Å². The number of alkyl halides is 1. The summed E-state index contributed by atoms with van der Waals surface area (Å²) in [6, 6.07) is 12.4. The standard InChI is InChI=1S/C29H26F4N6O5S/c30-13-18-11-19(15-39(14-18)29(40)41)36-28-35-10-8-22(37-28)20-7-4-9-34-27(20)44-23-12-21(31)26(25(33)24(23)32)38-45(42,43)16-17-5-2-1-3-6-17/h1-10,12,18-19,38H,11,13-16H2,(H,40,41)(H,35,36,37)/t18-,19-/m0/s1. The lowest BCUT2D eigenvalue weighted by Gasteiger charge is -2.35. The summed E-state index contributed by atoms with van der Waals surface area (Å²) in [7, 11) is -4.31. The number of benzene rings is 2. The van der Waals surface area contributed by atoms with E-state index in [1.54, 1.807) is 22.9 Å². The Balaban J connectivity index is 1.37. The van der Waals surface area contributed by atoms with Crippen molar-refractivity contribution in [3.63, 3.8) is 0 Å². The third-order valence-corrected chi connectivity index (χ3v) is 8.08. The van der Waals surface area contributed by atoms with Crippen LogP contribution in [0.2, 0.25) is 0 Å². The number of aromatic nitrogens is 3. The molecular formula is C29H26F4N6O5S. The molecule has 2 aromatic heterocycles. The van der Waals surface area contributed by atoms with Crippen LogP contribution in [0.4, 0.5) is 34.0 Å². The molecule has 1 aliphatic rings. The Kier molecular flexibility index (Phi) is 9.32. The van der Waals surface area contributed by atoms with Gasteiger partial charge in [-0.25, -0.2) is 36.9 Å². The van der Waals surface area contributed by atoms with Crippen molar-refractivity contribution >= 4 is 27.8 Å². The van der Waals surface area contributed by atoms with Crippen LogP contribution >= 0.6 is 0 Å². The number of anilines is 2. The van der Waals surface area contributed by atoms with E-state index in [0.717, 1.165) is 4.90 Å². The minimum atomic E-state index is -4.31. The van der Waals surface area contributed by atoms with E-state index in [-0.39, 0.29) is 36.2 Å². The molecule has 3 heterocycles. The first-order chi connectivity index (χ1) is 21.5. The maximum Gasteiger partial charge on any atom is 0.407 e. The van der Waals surface area contributed by atoms with Gasteiger partial charge in [-0.3, -0.25) is 9.11 Å². The topological polar surface area (TPSA) is 147 Å². The SMILES string of the molecule is O=C(O)N1C[C@H](CF)C[C@H](Nc2nccc(-c3cccnc3Oc3cc(F)c(NS(=O)(=O)Cc4ccccc4)c(F)c3F)n2)C1. The summed E-state index contributed by atoms with van der Waals surface area (Å²) in [5, 5.41) is 12.4. The van der Waals surface area contributed by atoms with Crippen LogP contribution in [0.5, 0.6) is 11.6 Å². The molecule has 0 spiro atoms. The Hall–Kier alpha value is -4.99. The molecule has 236 valence electrons. The number of nitrogens with zero attached hydrogens (tertiary/aromatic N) is 4. The van der Waals surface area contributed by atoms with Gasteiger partial charge in [0.1, 0.15) is 5.69 Å². The minimum absolute atomic E-state index is 0.0690. The van der Waals surface area contributed by atoms with Crippen LogP contribution in [0, 0.1) is 23.4 Å². The van der Waals surface area contributed by atoms with Crippen molar-refractivity contribution < 1.29 is 40.6 Å². The lowest BCUT2D eigenvalue weighted by atomic mass is 9.95. The number of nitrogens with one attached hydrogen (secondary N) is 2. The van der Waals surface area contributed by atoms with Gasteiger partial charge in [-0.15, -0.1) is 0 Å². The minimum Gasteiger partial charge on any atom is -0.465 e. The number of pyridine rings is 1. The summed E-state index contributed by atoms with van der Waals surface area (Å²) < 4.78 is 90.7. The summed E-state index contributed by atoms with van der Waals surface area (Å²) >= 11 is 0. The monoisotopic (exact) mass is 646 g/mol. The fourth-order valence-corrected chi connectivity index (χ4v) is 6.04. The van der Waals surface area contributed by atoms with Crippen molar-refractivity contribution in [3.8, 4) is 22.9 Å². The zero-order chi connectivity index (χ0) is 32.1. The van der Waals surface area contributed by atoms with Crippen molar-refractivity contribution in [3.05, 3.63) is 90.0 Å². The molecule has 11 nitrogen and oxygen atoms in total. The highest BCUT2D eigenvalue weighted by atomic mass is 32.2. The number of amides is 1. The second kappa shape index (κ2) is 13.3. The van der Waals surface area contributed by atoms with Gasteiger partial charge in [-0.2, -0.15) is 4.39 Å².